The van der Waals surface area contributed by atoms with E-state index in [0.717, 1.165) is 12.8 Å². The highest BCUT2D eigenvalue weighted by Crippen LogP contribution is 2.36. The average molecular weight is 483 g/mol. The molecule has 3 atom stereocenters. The highest BCUT2D eigenvalue weighted by molar-refractivity contribution is 5.69. The second-order valence-corrected chi connectivity index (χ2v) is 8.68. The highest BCUT2D eigenvalue weighted by atomic mass is 19.4. The zero-order valence-electron chi connectivity index (χ0n) is 17.9. The molecule has 182 valence electrons. The van der Waals surface area contributed by atoms with E-state index in [1.807, 2.05) is 6.92 Å². The first-order valence-electron chi connectivity index (χ1n) is 10.6. The molecular weight excluding hydrogens is 462 g/mol. The van der Waals surface area contributed by atoms with Crippen LogP contribution in [0.1, 0.15) is 37.3 Å². The van der Waals surface area contributed by atoms with Gasteiger partial charge in [0.15, 0.2) is 18.1 Å². The maximum Gasteiger partial charge on any atom is 0.408 e. The van der Waals surface area contributed by atoms with Crippen LogP contribution in [0.5, 0.6) is 0 Å². The van der Waals surface area contributed by atoms with E-state index in [-0.39, 0.29) is 35.3 Å². The van der Waals surface area contributed by atoms with Gasteiger partial charge in [0, 0.05) is 24.0 Å². The SMILES string of the molecule is CC1(NC(=O)O[C@@H]2CO[C@H](c3cc(Nc4nccc5nc(CC(F)(F)F)cn45)n[nH]3)[C@@H]2F)CC1. The number of nitrogens with one attached hydrogen (secondary N) is 3. The zero-order chi connectivity index (χ0) is 24.1. The number of hydrogen-bond acceptors (Lipinski definition) is 7. The Balaban J connectivity index is 1.25. The Morgan fingerprint density at radius 2 is 2.21 bits per heavy atom. The van der Waals surface area contributed by atoms with E-state index < -0.39 is 37.1 Å². The van der Waals surface area contributed by atoms with Gasteiger partial charge in [0.1, 0.15) is 11.8 Å². The molecule has 0 unspecified atom stereocenters. The van der Waals surface area contributed by atoms with E-state index in [4.69, 9.17) is 9.47 Å². The molecule has 1 aliphatic carbocycles. The fraction of sp³-hybridized carbons (Fsp3) is 0.500. The van der Waals surface area contributed by atoms with E-state index >= 15 is 0 Å². The van der Waals surface area contributed by atoms with Gasteiger partial charge in [-0.05, 0) is 25.8 Å². The monoisotopic (exact) mass is 483 g/mol. The van der Waals surface area contributed by atoms with Crippen molar-refractivity contribution in [3.63, 3.8) is 0 Å². The van der Waals surface area contributed by atoms with Gasteiger partial charge in [0.25, 0.3) is 0 Å². The molecule has 1 saturated heterocycles. The van der Waals surface area contributed by atoms with Crippen molar-refractivity contribution in [3.05, 3.63) is 35.9 Å². The van der Waals surface area contributed by atoms with Gasteiger partial charge < -0.3 is 20.1 Å². The van der Waals surface area contributed by atoms with Crippen molar-refractivity contribution in [1.82, 2.24) is 29.9 Å². The number of carbonyl (C=O) groups excluding carboxylic acids is 1. The number of aromatic nitrogens is 5. The largest absolute Gasteiger partial charge is 0.441 e. The molecule has 10 nitrogen and oxygen atoms in total. The van der Waals surface area contributed by atoms with Crippen LogP contribution in [-0.2, 0) is 15.9 Å². The molecule has 5 rings (SSSR count). The number of imidazole rings is 1. The number of alkyl carbamates (subject to hydrolysis) is 1. The van der Waals surface area contributed by atoms with Crippen LogP contribution >= 0.6 is 0 Å². The minimum absolute atomic E-state index is 0.115. The number of halogens is 4. The summed E-state index contributed by atoms with van der Waals surface area (Å²) in [5.41, 5.74) is 0.127. The fourth-order valence-corrected chi connectivity index (χ4v) is 3.68. The fourth-order valence-electron chi connectivity index (χ4n) is 3.68. The first-order chi connectivity index (χ1) is 16.1. The van der Waals surface area contributed by atoms with Crippen molar-refractivity contribution in [1.29, 1.82) is 0 Å². The predicted molar refractivity (Wildman–Crippen MR) is 109 cm³/mol. The summed E-state index contributed by atoms with van der Waals surface area (Å²) in [6, 6.07) is 2.96. The third-order valence-corrected chi connectivity index (χ3v) is 5.70. The zero-order valence-corrected chi connectivity index (χ0v) is 17.9. The Bertz CT molecular complexity index is 1210. The van der Waals surface area contributed by atoms with Crippen molar-refractivity contribution < 1.29 is 31.8 Å². The van der Waals surface area contributed by atoms with Crippen LogP contribution < -0.4 is 10.6 Å². The molecule has 0 bridgehead atoms. The van der Waals surface area contributed by atoms with Gasteiger partial charge in [-0.1, -0.05) is 0 Å². The van der Waals surface area contributed by atoms with Gasteiger partial charge >= 0.3 is 12.3 Å². The molecule has 2 aliphatic rings. The van der Waals surface area contributed by atoms with Crippen LogP contribution in [0.3, 0.4) is 0 Å². The molecular formula is C20H21F4N7O3. The third-order valence-electron chi connectivity index (χ3n) is 5.70. The van der Waals surface area contributed by atoms with Gasteiger partial charge in [-0.15, -0.1) is 0 Å². The molecule has 1 saturated carbocycles. The maximum atomic E-state index is 14.9. The summed E-state index contributed by atoms with van der Waals surface area (Å²) in [6.07, 6.45) is -5.65. The molecule has 34 heavy (non-hydrogen) atoms. The number of aromatic amines is 1. The molecule has 1 amide bonds. The summed E-state index contributed by atoms with van der Waals surface area (Å²) in [6.45, 7) is 1.76. The first-order valence-corrected chi connectivity index (χ1v) is 10.6. The highest BCUT2D eigenvalue weighted by Gasteiger charge is 2.44. The lowest BCUT2D eigenvalue weighted by Gasteiger charge is -2.17. The topological polar surface area (TPSA) is 118 Å². The standard InChI is InChI=1S/C20H21F4N7O3/c1-19(3-4-19)28-18(32)34-12-9-33-16(15(12)21)11-6-13(30-29-11)27-17-25-5-2-14-26-10(8-31(14)17)7-20(22,23)24/h2,5-6,8,12,15-16H,3-4,7,9H2,1H3,(H,28,32)(H2,25,27,29,30)/t12-,15-,16-/m1/s1. The Hall–Kier alpha value is -3.42. The molecule has 4 heterocycles. The molecule has 0 spiro atoms. The van der Waals surface area contributed by atoms with E-state index in [0.29, 0.717) is 5.69 Å². The summed E-state index contributed by atoms with van der Waals surface area (Å²) in [5.74, 6) is 0.410. The van der Waals surface area contributed by atoms with Crippen molar-refractivity contribution in [2.45, 2.75) is 56.3 Å². The Morgan fingerprint density at radius 1 is 1.41 bits per heavy atom. The first kappa shape index (κ1) is 22.4. The van der Waals surface area contributed by atoms with Crippen molar-refractivity contribution in [2.24, 2.45) is 0 Å². The second kappa shape index (κ2) is 8.11. The number of amides is 1. The minimum Gasteiger partial charge on any atom is -0.441 e. The van der Waals surface area contributed by atoms with E-state index in [2.05, 4.69) is 30.8 Å². The lowest BCUT2D eigenvalue weighted by molar-refractivity contribution is -0.127. The van der Waals surface area contributed by atoms with Crippen molar-refractivity contribution in [2.75, 3.05) is 11.9 Å². The summed E-state index contributed by atoms with van der Waals surface area (Å²) in [7, 11) is 0. The number of alkyl halides is 4. The summed E-state index contributed by atoms with van der Waals surface area (Å²) in [4.78, 5) is 20.0. The van der Waals surface area contributed by atoms with Crippen LogP contribution in [0.2, 0.25) is 0 Å². The van der Waals surface area contributed by atoms with E-state index in [1.54, 1.807) is 0 Å². The molecule has 1 aliphatic heterocycles. The van der Waals surface area contributed by atoms with Gasteiger partial charge in [-0.25, -0.2) is 19.2 Å². The Morgan fingerprint density at radius 3 is 2.94 bits per heavy atom. The molecule has 3 aromatic heterocycles. The van der Waals surface area contributed by atoms with Crippen LogP contribution in [0.4, 0.5) is 34.1 Å². The molecule has 3 aromatic rings. The molecule has 2 fully saturated rings. The number of rotatable bonds is 6. The Labute approximate surface area is 190 Å². The summed E-state index contributed by atoms with van der Waals surface area (Å²) >= 11 is 0. The summed E-state index contributed by atoms with van der Waals surface area (Å²) < 4.78 is 65.0. The molecule has 3 N–H and O–H groups in total. The second-order valence-electron chi connectivity index (χ2n) is 8.68. The average Bonchev–Trinajstić information content (AvgIpc) is 3.10. The van der Waals surface area contributed by atoms with E-state index in [1.165, 1.54) is 28.9 Å². The van der Waals surface area contributed by atoms with Gasteiger partial charge in [0.2, 0.25) is 5.95 Å². The van der Waals surface area contributed by atoms with Crippen LogP contribution in [0, 0.1) is 0 Å². The number of fused-ring (bicyclic) bond motifs is 1. The van der Waals surface area contributed by atoms with Crippen molar-refractivity contribution >= 4 is 23.5 Å². The molecule has 0 radical (unpaired) electrons. The number of H-pyrrole nitrogens is 1. The quantitative estimate of drug-likeness (QED) is 0.460. The number of hydrogen-bond donors (Lipinski definition) is 3. The Kier molecular flexibility index (Phi) is 5.34. The summed E-state index contributed by atoms with van der Waals surface area (Å²) in [5, 5.41) is 12.3. The number of anilines is 2. The van der Waals surface area contributed by atoms with Crippen molar-refractivity contribution in [3.8, 4) is 0 Å². The lowest BCUT2D eigenvalue weighted by Crippen LogP contribution is -2.39. The van der Waals surface area contributed by atoms with Gasteiger partial charge in [-0.2, -0.15) is 18.3 Å². The van der Waals surface area contributed by atoms with Crippen LogP contribution in [0.25, 0.3) is 5.65 Å². The van der Waals surface area contributed by atoms with E-state index in [9.17, 15) is 22.4 Å². The number of ether oxygens (including phenoxy) is 2. The van der Waals surface area contributed by atoms with Crippen LogP contribution in [0.15, 0.2) is 24.5 Å². The molecule has 14 heteroatoms. The smallest absolute Gasteiger partial charge is 0.408 e. The van der Waals surface area contributed by atoms with Gasteiger partial charge in [0.05, 0.1) is 24.4 Å². The van der Waals surface area contributed by atoms with Crippen LogP contribution in [-0.4, -0.2) is 61.3 Å². The molecule has 0 aromatic carbocycles. The number of nitrogens with zero attached hydrogens (tertiary/aromatic N) is 4. The maximum absolute atomic E-state index is 14.9. The third kappa shape index (κ3) is 4.76. The lowest BCUT2D eigenvalue weighted by atomic mass is 10.1. The normalized spacial score (nSPS) is 23.7. The predicted octanol–water partition coefficient (Wildman–Crippen LogP) is 3.36. The number of carbonyl (C=O) groups is 1. The van der Waals surface area contributed by atoms with Gasteiger partial charge in [-0.3, -0.25) is 9.50 Å². The minimum atomic E-state index is -4.39.